The second-order valence-corrected chi connectivity index (χ2v) is 4.89. The highest BCUT2D eigenvalue weighted by molar-refractivity contribution is 6.31. The SMILES string of the molecule is COc1ccc(Cl)cc1C(=O)N(C)Cc1ccnn1C. The number of aryl methyl sites for hydroxylation is 1. The molecule has 1 amide bonds. The van der Waals surface area contributed by atoms with Crippen molar-refractivity contribution in [2.24, 2.45) is 7.05 Å². The topological polar surface area (TPSA) is 47.4 Å². The smallest absolute Gasteiger partial charge is 0.257 e. The third-order valence-electron chi connectivity index (χ3n) is 3.06. The largest absolute Gasteiger partial charge is 0.496 e. The van der Waals surface area contributed by atoms with Crippen molar-refractivity contribution in [3.05, 3.63) is 46.7 Å². The number of carbonyl (C=O) groups is 1. The van der Waals surface area contributed by atoms with Gasteiger partial charge in [0.25, 0.3) is 5.91 Å². The van der Waals surface area contributed by atoms with E-state index in [0.29, 0.717) is 22.9 Å². The zero-order valence-corrected chi connectivity index (χ0v) is 12.4. The summed E-state index contributed by atoms with van der Waals surface area (Å²) in [6, 6.07) is 6.87. The maximum Gasteiger partial charge on any atom is 0.257 e. The van der Waals surface area contributed by atoms with Crippen molar-refractivity contribution >= 4 is 17.5 Å². The lowest BCUT2D eigenvalue weighted by atomic mass is 10.1. The number of halogens is 1. The quantitative estimate of drug-likeness (QED) is 0.869. The highest BCUT2D eigenvalue weighted by Crippen LogP contribution is 2.24. The molecule has 5 nitrogen and oxygen atoms in total. The Morgan fingerprint density at radius 3 is 2.80 bits per heavy atom. The van der Waals surface area contributed by atoms with Gasteiger partial charge in [-0.3, -0.25) is 9.48 Å². The first-order valence-corrected chi connectivity index (χ1v) is 6.46. The van der Waals surface area contributed by atoms with Crippen molar-refractivity contribution in [3.8, 4) is 5.75 Å². The van der Waals surface area contributed by atoms with Gasteiger partial charge in [0.05, 0.1) is 24.9 Å². The molecule has 106 valence electrons. The molecule has 1 aromatic carbocycles. The van der Waals surface area contributed by atoms with E-state index in [0.717, 1.165) is 5.69 Å². The van der Waals surface area contributed by atoms with E-state index in [2.05, 4.69) is 5.10 Å². The molecule has 0 fully saturated rings. The Morgan fingerprint density at radius 2 is 2.20 bits per heavy atom. The fraction of sp³-hybridized carbons (Fsp3) is 0.286. The molecule has 0 saturated heterocycles. The molecule has 0 N–H and O–H groups in total. The van der Waals surface area contributed by atoms with Gasteiger partial charge in [-0.05, 0) is 24.3 Å². The van der Waals surface area contributed by atoms with Crippen LogP contribution in [0.4, 0.5) is 0 Å². The Kier molecular flexibility index (Phi) is 4.29. The monoisotopic (exact) mass is 293 g/mol. The minimum atomic E-state index is -0.148. The number of nitrogens with zero attached hydrogens (tertiary/aromatic N) is 3. The van der Waals surface area contributed by atoms with Crippen LogP contribution in [0.15, 0.2) is 30.5 Å². The minimum Gasteiger partial charge on any atom is -0.496 e. The van der Waals surface area contributed by atoms with Crippen LogP contribution in [0.1, 0.15) is 16.1 Å². The summed E-state index contributed by atoms with van der Waals surface area (Å²) in [5, 5.41) is 4.59. The van der Waals surface area contributed by atoms with E-state index in [1.807, 2.05) is 13.1 Å². The molecule has 0 radical (unpaired) electrons. The molecule has 0 aliphatic heterocycles. The number of benzene rings is 1. The van der Waals surface area contributed by atoms with Crippen molar-refractivity contribution in [2.75, 3.05) is 14.2 Å². The summed E-state index contributed by atoms with van der Waals surface area (Å²) < 4.78 is 6.94. The molecule has 20 heavy (non-hydrogen) atoms. The van der Waals surface area contributed by atoms with E-state index in [9.17, 15) is 4.79 Å². The van der Waals surface area contributed by atoms with Gasteiger partial charge >= 0.3 is 0 Å². The molecule has 0 unspecified atom stereocenters. The predicted octanol–water partition coefficient (Wildman–Crippen LogP) is 2.35. The fourth-order valence-electron chi connectivity index (χ4n) is 1.92. The lowest BCUT2D eigenvalue weighted by Crippen LogP contribution is -2.27. The summed E-state index contributed by atoms with van der Waals surface area (Å²) >= 11 is 5.95. The van der Waals surface area contributed by atoms with Crippen molar-refractivity contribution in [3.63, 3.8) is 0 Å². The van der Waals surface area contributed by atoms with E-state index in [1.165, 1.54) is 7.11 Å². The molecular formula is C14H16ClN3O2. The molecule has 0 spiro atoms. The summed E-state index contributed by atoms with van der Waals surface area (Å²) in [5.74, 6) is 0.363. The maximum absolute atomic E-state index is 12.5. The molecule has 0 aliphatic rings. The Balaban J connectivity index is 2.22. The molecule has 6 heteroatoms. The number of hydrogen-bond donors (Lipinski definition) is 0. The number of rotatable bonds is 4. The highest BCUT2D eigenvalue weighted by atomic mass is 35.5. The maximum atomic E-state index is 12.5. The van der Waals surface area contributed by atoms with Gasteiger partial charge in [-0.25, -0.2) is 0 Å². The van der Waals surface area contributed by atoms with Gasteiger partial charge in [0.15, 0.2) is 0 Å². The van der Waals surface area contributed by atoms with E-state index < -0.39 is 0 Å². The van der Waals surface area contributed by atoms with E-state index in [1.54, 1.807) is 41.0 Å². The summed E-state index contributed by atoms with van der Waals surface area (Å²) in [4.78, 5) is 14.1. The van der Waals surface area contributed by atoms with Crippen molar-refractivity contribution in [2.45, 2.75) is 6.54 Å². The lowest BCUT2D eigenvalue weighted by Gasteiger charge is -2.18. The zero-order chi connectivity index (χ0) is 14.7. The summed E-state index contributed by atoms with van der Waals surface area (Å²) in [6.45, 7) is 0.463. The molecule has 0 saturated carbocycles. The molecular weight excluding hydrogens is 278 g/mol. The summed E-state index contributed by atoms with van der Waals surface area (Å²) in [7, 11) is 5.10. The van der Waals surface area contributed by atoms with Crippen LogP contribution in [-0.4, -0.2) is 34.7 Å². The zero-order valence-electron chi connectivity index (χ0n) is 11.6. The van der Waals surface area contributed by atoms with Crippen LogP contribution >= 0.6 is 11.6 Å². The molecule has 1 heterocycles. The molecule has 0 bridgehead atoms. The predicted molar refractivity (Wildman–Crippen MR) is 77.0 cm³/mol. The van der Waals surface area contributed by atoms with Crippen molar-refractivity contribution in [1.82, 2.24) is 14.7 Å². The number of methoxy groups -OCH3 is 1. The molecule has 1 aromatic heterocycles. The number of aromatic nitrogens is 2. The third kappa shape index (κ3) is 2.93. The average Bonchev–Trinajstić information content (AvgIpc) is 2.83. The number of carbonyl (C=O) groups excluding carboxylic acids is 1. The van der Waals surface area contributed by atoms with E-state index in [-0.39, 0.29) is 5.91 Å². The lowest BCUT2D eigenvalue weighted by molar-refractivity contribution is 0.0778. The van der Waals surface area contributed by atoms with Gasteiger partial charge in [0, 0.05) is 25.3 Å². The van der Waals surface area contributed by atoms with Crippen LogP contribution in [0.5, 0.6) is 5.75 Å². The number of ether oxygens (including phenoxy) is 1. The normalized spacial score (nSPS) is 10.4. The van der Waals surface area contributed by atoms with Crippen LogP contribution in [0.25, 0.3) is 0 Å². The first kappa shape index (κ1) is 14.4. The van der Waals surface area contributed by atoms with Crippen LogP contribution < -0.4 is 4.74 Å². The van der Waals surface area contributed by atoms with Crippen molar-refractivity contribution in [1.29, 1.82) is 0 Å². The summed E-state index contributed by atoms with van der Waals surface area (Å²) in [5.41, 5.74) is 1.39. The van der Waals surface area contributed by atoms with Crippen LogP contribution in [0.2, 0.25) is 5.02 Å². The van der Waals surface area contributed by atoms with Gasteiger partial charge in [0.2, 0.25) is 0 Å². The van der Waals surface area contributed by atoms with Crippen LogP contribution in [0, 0.1) is 0 Å². The fourth-order valence-corrected chi connectivity index (χ4v) is 2.10. The summed E-state index contributed by atoms with van der Waals surface area (Å²) in [6.07, 6.45) is 1.70. The Hall–Kier alpha value is -2.01. The standard InChI is InChI=1S/C14H16ClN3O2/c1-17(9-11-6-7-16-18(11)2)14(19)12-8-10(15)4-5-13(12)20-3/h4-8H,9H2,1-3H3. The van der Waals surface area contributed by atoms with E-state index >= 15 is 0 Å². The second-order valence-electron chi connectivity index (χ2n) is 4.45. The van der Waals surface area contributed by atoms with Gasteiger partial charge in [-0.2, -0.15) is 5.10 Å². The van der Waals surface area contributed by atoms with Gasteiger partial charge < -0.3 is 9.64 Å². The first-order chi connectivity index (χ1) is 9.52. The van der Waals surface area contributed by atoms with Gasteiger partial charge in [-0.15, -0.1) is 0 Å². The molecule has 2 rings (SSSR count). The third-order valence-corrected chi connectivity index (χ3v) is 3.30. The number of hydrogen-bond acceptors (Lipinski definition) is 3. The minimum absolute atomic E-state index is 0.148. The average molecular weight is 294 g/mol. The second kappa shape index (κ2) is 5.96. The molecule has 2 aromatic rings. The molecule has 0 aliphatic carbocycles. The Labute approximate surface area is 122 Å². The highest BCUT2D eigenvalue weighted by Gasteiger charge is 2.18. The Bertz CT molecular complexity index is 625. The van der Waals surface area contributed by atoms with Crippen LogP contribution in [-0.2, 0) is 13.6 Å². The molecule has 0 atom stereocenters. The van der Waals surface area contributed by atoms with Crippen molar-refractivity contribution < 1.29 is 9.53 Å². The van der Waals surface area contributed by atoms with Crippen LogP contribution in [0.3, 0.4) is 0 Å². The van der Waals surface area contributed by atoms with Gasteiger partial charge in [-0.1, -0.05) is 11.6 Å². The Morgan fingerprint density at radius 1 is 1.45 bits per heavy atom. The van der Waals surface area contributed by atoms with E-state index in [4.69, 9.17) is 16.3 Å². The number of amides is 1. The first-order valence-electron chi connectivity index (χ1n) is 6.09. The van der Waals surface area contributed by atoms with Gasteiger partial charge in [0.1, 0.15) is 5.75 Å².